The van der Waals surface area contributed by atoms with E-state index in [2.05, 4.69) is 4.74 Å². The molecule has 0 aliphatic carbocycles. The third kappa shape index (κ3) is 3.12. The van der Waals surface area contributed by atoms with E-state index in [0.29, 0.717) is 6.07 Å². The van der Waals surface area contributed by atoms with Crippen LogP contribution in [0, 0.1) is 0 Å². The molecule has 0 amide bonds. The fraction of sp³-hybridized carbons (Fsp3) is 0.200. The van der Waals surface area contributed by atoms with E-state index in [0.717, 1.165) is 12.1 Å². The van der Waals surface area contributed by atoms with Gasteiger partial charge < -0.3 is 14.9 Å². The number of benzene rings is 1. The van der Waals surface area contributed by atoms with Crippen molar-refractivity contribution in [2.45, 2.75) is 6.11 Å². The fourth-order valence-corrected chi connectivity index (χ4v) is 1.10. The van der Waals surface area contributed by atoms with Gasteiger partial charge in [-0.3, -0.25) is 0 Å². The second-order valence-corrected chi connectivity index (χ2v) is 3.19. The maximum atomic E-state index is 12.7. The van der Waals surface area contributed by atoms with Crippen LogP contribution in [0.4, 0.5) is 13.2 Å². The Morgan fingerprint density at radius 1 is 1.22 bits per heavy atom. The summed E-state index contributed by atoms with van der Waals surface area (Å²) < 4.78 is 41.1. The third-order valence-electron chi connectivity index (χ3n) is 1.87. The normalized spacial score (nSPS) is 11.1. The van der Waals surface area contributed by atoms with E-state index in [-0.39, 0.29) is 0 Å². The van der Waals surface area contributed by atoms with E-state index in [1.165, 1.54) is 0 Å². The number of aromatic carboxylic acids is 2. The van der Waals surface area contributed by atoms with Gasteiger partial charge in [-0.25, -0.2) is 14.0 Å². The Hall–Kier alpha value is -2.25. The first-order chi connectivity index (χ1) is 8.26. The third-order valence-corrected chi connectivity index (χ3v) is 1.87. The van der Waals surface area contributed by atoms with Gasteiger partial charge in [0.2, 0.25) is 0 Å². The van der Waals surface area contributed by atoms with E-state index in [1.807, 2.05) is 0 Å². The smallest absolute Gasteiger partial charge is 0.427 e. The number of ether oxygens (including phenoxy) is 1. The van der Waals surface area contributed by atoms with Crippen molar-refractivity contribution in [3.63, 3.8) is 0 Å². The van der Waals surface area contributed by atoms with Crippen molar-refractivity contribution >= 4 is 11.9 Å². The number of carboxylic acids is 2. The van der Waals surface area contributed by atoms with Gasteiger partial charge in [-0.05, 0) is 18.2 Å². The Morgan fingerprint density at radius 3 is 2.28 bits per heavy atom. The molecule has 0 unspecified atom stereocenters. The number of alkyl halides is 3. The molecule has 0 aliphatic rings. The monoisotopic (exact) mass is 264 g/mol. The highest BCUT2D eigenvalue weighted by Gasteiger charge is 2.33. The summed E-state index contributed by atoms with van der Waals surface area (Å²) >= 11 is 0. The maximum absolute atomic E-state index is 12.7. The Bertz CT molecular complexity index is 486. The van der Waals surface area contributed by atoms with Crippen molar-refractivity contribution in [2.75, 3.05) is 6.67 Å². The van der Waals surface area contributed by atoms with Gasteiger partial charge in [0.15, 0.2) is 6.67 Å². The van der Waals surface area contributed by atoms with Gasteiger partial charge in [-0.1, -0.05) is 0 Å². The minimum atomic E-state index is -4.22. The van der Waals surface area contributed by atoms with Crippen LogP contribution in [-0.2, 0) is 0 Å². The molecule has 18 heavy (non-hydrogen) atoms. The van der Waals surface area contributed by atoms with Crippen LogP contribution in [0.3, 0.4) is 0 Å². The molecule has 0 aromatic heterocycles. The number of rotatable bonds is 5. The summed E-state index contributed by atoms with van der Waals surface area (Å²) in [5, 5.41) is 17.3. The van der Waals surface area contributed by atoms with Crippen LogP contribution < -0.4 is 4.74 Å². The van der Waals surface area contributed by atoms with Crippen molar-refractivity contribution in [1.29, 1.82) is 0 Å². The molecule has 0 aliphatic heterocycles. The van der Waals surface area contributed by atoms with E-state index < -0.39 is 41.6 Å². The maximum Gasteiger partial charge on any atom is 0.427 e. The molecule has 0 radical (unpaired) electrons. The highest BCUT2D eigenvalue weighted by molar-refractivity contribution is 5.94. The lowest BCUT2D eigenvalue weighted by atomic mass is 10.1. The Kier molecular flexibility index (Phi) is 3.79. The summed E-state index contributed by atoms with van der Waals surface area (Å²) in [6, 6.07) is 2.29. The first-order valence-corrected chi connectivity index (χ1v) is 4.50. The molecular weight excluding hydrogens is 257 g/mol. The van der Waals surface area contributed by atoms with Crippen molar-refractivity contribution in [1.82, 2.24) is 0 Å². The first-order valence-electron chi connectivity index (χ1n) is 4.50. The van der Waals surface area contributed by atoms with E-state index in [4.69, 9.17) is 10.2 Å². The summed E-state index contributed by atoms with van der Waals surface area (Å²) in [5.41, 5.74) is -1.14. The zero-order valence-corrected chi connectivity index (χ0v) is 8.69. The largest absolute Gasteiger partial charge is 0.478 e. The lowest BCUT2D eigenvalue weighted by Crippen LogP contribution is -2.28. The van der Waals surface area contributed by atoms with Crippen LogP contribution in [0.15, 0.2) is 18.2 Å². The molecule has 0 atom stereocenters. The molecule has 0 heterocycles. The number of halogens is 3. The predicted molar refractivity (Wildman–Crippen MR) is 51.9 cm³/mol. The molecule has 5 nitrogen and oxygen atoms in total. The molecule has 98 valence electrons. The lowest BCUT2D eigenvalue weighted by molar-refractivity contribution is -0.186. The molecule has 1 aromatic carbocycles. The number of hydrogen-bond acceptors (Lipinski definition) is 3. The molecule has 0 bridgehead atoms. The standard InChI is InChI=1S/C10H7F3O5/c11-4-10(12,13)18-7-3-5(8(14)15)1-2-6(7)9(16)17/h1-3H,4H2,(H,14,15)(H,16,17). The fourth-order valence-electron chi connectivity index (χ4n) is 1.10. The van der Waals surface area contributed by atoms with Crippen LogP contribution in [0.1, 0.15) is 20.7 Å². The predicted octanol–water partition coefficient (Wildman–Crippen LogP) is 2.02. The summed E-state index contributed by atoms with van der Waals surface area (Å²) in [6.07, 6.45) is -4.22. The summed E-state index contributed by atoms with van der Waals surface area (Å²) in [6.45, 7) is -2.16. The molecule has 0 spiro atoms. The quantitative estimate of drug-likeness (QED) is 0.850. The van der Waals surface area contributed by atoms with E-state index in [9.17, 15) is 22.8 Å². The Morgan fingerprint density at radius 2 is 1.83 bits per heavy atom. The van der Waals surface area contributed by atoms with Crippen LogP contribution in [0.25, 0.3) is 0 Å². The van der Waals surface area contributed by atoms with Crippen molar-refractivity contribution in [3.8, 4) is 5.75 Å². The van der Waals surface area contributed by atoms with E-state index >= 15 is 0 Å². The second kappa shape index (κ2) is 4.94. The van der Waals surface area contributed by atoms with Crippen LogP contribution in [0.2, 0.25) is 0 Å². The van der Waals surface area contributed by atoms with Crippen molar-refractivity contribution < 1.29 is 37.7 Å². The summed E-state index contributed by atoms with van der Waals surface area (Å²) in [4.78, 5) is 21.3. The molecule has 0 saturated carbocycles. The Labute approximate surface area is 98.4 Å². The lowest BCUT2D eigenvalue weighted by Gasteiger charge is -2.16. The van der Waals surface area contributed by atoms with Crippen LogP contribution in [0.5, 0.6) is 5.75 Å². The molecular formula is C10H7F3O5. The van der Waals surface area contributed by atoms with Crippen molar-refractivity contribution in [2.24, 2.45) is 0 Å². The van der Waals surface area contributed by atoms with Crippen molar-refractivity contribution in [3.05, 3.63) is 29.3 Å². The SMILES string of the molecule is O=C(O)c1ccc(C(=O)O)c(OC(F)(F)CF)c1. The van der Waals surface area contributed by atoms with Crippen LogP contribution >= 0.6 is 0 Å². The van der Waals surface area contributed by atoms with E-state index in [1.54, 1.807) is 0 Å². The highest BCUT2D eigenvalue weighted by Crippen LogP contribution is 2.27. The number of carbonyl (C=O) groups is 2. The van der Waals surface area contributed by atoms with Gasteiger partial charge in [0.25, 0.3) is 0 Å². The molecule has 0 saturated heterocycles. The summed E-state index contributed by atoms with van der Waals surface area (Å²) in [5.74, 6) is -3.97. The Balaban J connectivity index is 3.24. The zero-order chi connectivity index (χ0) is 13.9. The summed E-state index contributed by atoms with van der Waals surface area (Å²) in [7, 11) is 0. The van der Waals surface area contributed by atoms with Gasteiger partial charge in [-0.15, -0.1) is 0 Å². The molecule has 2 N–H and O–H groups in total. The van der Waals surface area contributed by atoms with Gasteiger partial charge >= 0.3 is 18.0 Å². The molecule has 1 rings (SSSR count). The minimum Gasteiger partial charge on any atom is -0.478 e. The second-order valence-electron chi connectivity index (χ2n) is 3.19. The zero-order valence-electron chi connectivity index (χ0n) is 8.69. The average molecular weight is 264 g/mol. The first kappa shape index (κ1) is 13.8. The molecule has 0 fully saturated rings. The molecule has 8 heteroatoms. The minimum absolute atomic E-state index is 0.454. The average Bonchev–Trinajstić information content (AvgIpc) is 2.28. The topological polar surface area (TPSA) is 83.8 Å². The van der Waals surface area contributed by atoms with Gasteiger partial charge in [0.05, 0.1) is 5.56 Å². The molecule has 1 aromatic rings. The van der Waals surface area contributed by atoms with Gasteiger partial charge in [0.1, 0.15) is 11.3 Å². The number of carboxylic acid groups (broad SMARTS) is 2. The van der Waals surface area contributed by atoms with Crippen LogP contribution in [-0.4, -0.2) is 34.9 Å². The highest BCUT2D eigenvalue weighted by atomic mass is 19.3. The van der Waals surface area contributed by atoms with Gasteiger partial charge in [0, 0.05) is 0 Å². The van der Waals surface area contributed by atoms with Gasteiger partial charge in [-0.2, -0.15) is 8.78 Å². The number of hydrogen-bond donors (Lipinski definition) is 2.